The fourth-order valence-electron chi connectivity index (χ4n) is 3.07. The molecular formula is C15H23ClN4O. The maximum Gasteiger partial charge on any atom is 0.173 e. The number of hydrogen-bond acceptors (Lipinski definition) is 4. The number of rotatable bonds is 5. The zero-order valence-corrected chi connectivity index (χ0v) is 13.3. The van der Waals surface area contributed by atoms with E-state index in [9.17, 15) is 0 Å². The Hall–Kier alpha value is -1.46. The Morgan fingerprint density at radius 3 is 3.00 bits per heavy atom. The Labute approximate surface area is 131 Å². The van der Waals surface area contributed by atoms with Crippen molar-refractivity contribution in [3.8, 4) is 0 Å². The molecule has 1 aliphatic rings. The number of oxime groups is 1. The standard InChI is InChI=1S/C15H23ClN4O/c1-3-20-9-5-6-11(20)10-19(2)13-8-4-7-12(16)14(13)15(17)18-21/h4,7-8,11,21H,3,5-6,9-10H2,1-2H3,(H2,17,18). The van der Waals surface area contributed by atoms with E-state index in [1.54, 1.807) is 6.07 Å². The highest BCUT2D eigenvalue weighted by Crippen LogP contribution is 2.28. The molecule has 0 saturated carbocycles. The van der Waals surface area contributed by atoms with Crippen LogP contribution in [0.4, 0.5) is 5.69 Å². The summed E-state index contributed by atoms with van der Waals surface area (Å²) >= 11 is 6.21. The van der Waals surface area contributed by atoms with Gasteiger partial charge >= 0.3 is 0 Å². The van der Waals surface area contributed by atoms with Gasteiger partial charge in [0.1, 0.15) is 0 Å². The first kappa shape index (κ1) is 15.9. The van der Waals surface area contributed by atoms with Crippen molar-refractivity contribution in [2.24, 2.45) is 10.9 Å². The van der Waals surface area contributed by atoms with E-state index in [2.05, 4.69) is 21.9 Å². The quantitative estimate of drug-likeness (QED) is 0.379. The minimum Gasteiger partial charge on any atom is -0.409 e. The lowest BCUT2D eigenvalue weighted by atomic mass is 10.1. The third-order valence-corrected chi connectivity index (χ3v) is 4.47. The van der Waals surface area contributed by atoms with Gasteiger partial charge in [-0.1, -0.05) is 29.7 Å². The van der Waals surface area contributed by atoms with Gasteiger partial charge in [0.25, 0.3) is 0 Å². The zero-order valence-electron chi connectivity index (χ0n) is 12.6. The first-order valence-electron chi connectivity index (χ1n) is 7.30. The van der Waals surface area contributed by atoms with Gasteiger partial charge in [-0.25, -0.2) is 0 Å². The van der Waals surface area contributed by atoms with Crippen molar-refractivity contribution in [1.82, 2.24) is 4.90 Å². The second-order valence-electron chi connectivity index (χ2n) is 5.42. The predicted molar refractivity (Wildman–Crippen MR) is 87.5 cm³/mol. The summed E-state index contributed by atoms with van der Waals surface area (Å²) in [7, 11) is 2.02. The number of benzene rings is 1. The van der Waals surface area contributed by atoms with Crippen molar-refractivity contribution in [3.05, 3.63) is 28.8 Å². The van der Waals surface area contributed by atoms with Crippen molar-refractivity contribution >= 4 is 23.1 Å². The smallest absolute Gasteiger partial charge is 0.173 e. The molecule has 0 aromatic heterocycles. The summed E-state index contributed by atoms with van der Waals surface area (Å²) in [6, 6.07) is 6.12. The van der Waals surface area contributed by atoms with Crippen LogP contribution in [0, 0.1) is 0 Å². The van der Waals surface area contributed by atoms with Crippen LogP contribution in [-0.4, -0.2) is 48.7 Å². The van der Waals surface area contributed by atoms with Crippen LogP contribution < -0.4 is 10.6 Å². The Bertz CT molecular complexity index is 520. The van der Waals surface area contributed by atoms with Crippen LogP contribution in [0.1, 0.15) is 25.3 Å². The van der Waals surface area contributed by atoms with E-state index < -0.39 is 0 Å². The van der Waals surface area contributed by atoms with E-state index in [0.29, 0.717) is 16.6 Å². The van der Waals surface area contributed by atoms with E-state index in [1.807, 2.05) is 19.2 Å². The Kier molecular flexibility index (Phi) is 5.31. The molecule has 5 nitrogen and oxygen atoms in total. The number of likely N-dealkylation sites (N-methyl/N-ethyl adjacent to an activating group) is 2. The van der Waals surface area contributed by atoms with Crippen LogP contribution in [0.25, 0.3) is 0 Å². The number of anilines is 1. The Morgan fingerprint density at radius 1 is 1.57 bits per heavy atom. The van der Waals surface area contributed by atoms with Gasteiger partial charge in [0.15, 0.2) is 5.84 Å². The van der Waals surface area contributed by atoms with E-state index in [0.717, 1.165) is 25.3 Å². The second kappa shape index (κ2) is 7.00. The molecule has 0 amide bonds. The van der Waals surface area contributed by atoms with Crippen molar-refractivity contribution < 1.29 is 5.21 Å². The summed E-state index contributed by atoms with van der Waals surface area (Å²) < 4.78 is 0. The fraction of sp³-hybridized carbons (Fsp3) is 0.533. The van der Waals surface area contributed by atoms with E-state index in [4.69, 9.17) is 22.5 Å². The maximum absolute atomic E-state index is 8.96. The molecule has 0 aliphatic carbocycles. The van der Waals surface area contributed by atoms with Crippen LogP contribution >= 0.6 is 11.6 Å². The number of halogens is 1. The molecule has 1 atom stereocenters. The van der Waals surface area contributed by atoms with Crippen LogP contribution in [0.2, 0.25) is 5.02 Å². The van der Waals surface area contributed by atoms with Crippen LogP contribution in [0.3, 0.4) is 0 Å². The molecule has 1 aliphatic heterocycles. The summed E-state index contributed by atoms with van der Waals surface area (Å²) in [6.45, 7) is 5.33. The maximum atomic E-state index is 8.96. The minimum absolute atomic E-state index is 0.0428. The summed E-state index contributed by atoms with van der Waals surface area (Å²) in [5.74, 6) is 0.0428. The molecule has 1 heterocycles. The van der Waals surface area contributed by atoms with Crippen LogP contribution in [0.5, 0.6) is 0 Å². The Balaban J connectivity index is 2.23. The van der Waals surface area contributed by atoms with Gasteiger partial charge in [-0.05, 0) is 38.1 Å². The predicted octanol–water partition coefficient (Wildman–Crippen LogP) is 2.35. The van der Waals surface area contributed by atoms with Crippen LogP contribution in [-0.2, 0) is 0 Å². The van der Waals surface area contributed by atoms with E-state index >= 15 is 0 Å². The molecular weight excluding hydrogens is 288 g/mol. The first-order chi connectivity index (χ1) is 10.1. The van der Waals surface area contributed by atoms with Gasteiger partial charge < -0.3 is 15.8 Å². The van der Waals surface area contributed by atoms with Crippen molar-refractivity contribution in [3.63, 3.8) is 0 Å². The lowest BCUT2D eigenvalue weighted by Crippen LogP contribution is -2.39. The normalized spacial score (nSPS) is 20.0. The molecule has 6 heteroatoms. The lowest BCUT2D eigenvalue weighted by molar-refractivity contribution is 0.270. The molecule has 21 heavy (non-hydrogen) atoms. The van der Waals surface area contributed by atoms with E-state index in [-0.39, 0.29) is 5.84 Å². The van der Waals surface area contributed by atoms with Crippen molar-refractivity contribution in [2.75, 3.05) is 31.6 Å². The highest BCUT2D eigenvalue weighted by Gasteiger charge is 2.25. The molecule has 116 valence electrons. The number of amidine groups is 1. The zero-order chi connectivity index (χ0) is 15.4. The summed E-state index contributed by atoms with van der Waals surface area (Å²) in [5.41, 5.74) is 7.25. The second-order valence-corrected chi connectivity index (χ2v) is 5.83. The van der Waals surface area contributed by atoms with Crippen molar-refractivity contribution in [2.45, 2.75) is 25.8 Å². The van der Waals surface area contributed by atoms with Gasteiger partial charge in [-0.15, -0.1) is 0 Å². The summed E-state index contributed by atoms with van der Waals surface area (Å²) in [4.78, 5) is 4.63. The number of nitrogens with two attached hydrogens (primary N) is 1. The molecule has 3 N–H and O–H groups in total. The molecule has 1 unspecified atom stereocenters. The lowest BCUT2D eigenvalue weighted by Gasteiger charge is -2.30. The molecule has 0 spiro atoms. The third kappa shape index (κ3) is 3.41. The van der Waals surface area contributed by atoms with Crippen molar-refractivity contribution in [1.29, 1.82) is 0 Å². The topological polar surface area (TPSA) is 65.1 Å². The average Bonchev–Trinajstić information content (AvgIpc) is 2.93. The van der Waals surface area contributed by atoms with Gasteiger partial charge in [0.2, 0.25) is 0 Å². The average molecular weight is 311 g/mol. The molecule has 1 aromatic rings. The largest absolute Gasteiger partial charge is 0.409 e. The molecule has 2 rings (SSSR count). The minimum atomic E-state index is 0.0428. The number of nitrogens with zero attached hydrogens (tertiary/aromatic N) is 3. The first-order valence-corrected chi connectivity index (χ1v) is 7.67. The molecule has 0 bridgehead atoms. The molecule has 0 radical (unpaired) electrons. The van der Waals surface area contributed by atoms with Crippen LogP contribution in [0.15, 0.2) is 23.4 Å². The SMILES string of the molecule is CCN1CCCC1CN(C)c1cccc(Cl)c1C(N)=NO. The summed E-state index contributed by atoms with van der Waals surface area (Å²) in [5, 5.41) is 12.6. The van der Waals surface area contributed by atoms with Gasteiger partial charge in [-0.2, -0.15) is 0 Å². The molecule has 1 aromatic carbocycles. The Morgan fingerprint density at radius 2 is 2.33 bits per heavy atom. The summed E-state index contributed by atoms with van der Waals surface area (Å²) in [6.07, 6.45) is 2.45. The van der Waals surface area contributed by atoms with E-state index in [1.165, 1.54) is 12.8 Å². The highest BCUT2D eigenvalue weighted by atomic mass is 35.5. The van der Waals surface area contributed by atoms with Gasteiger partial charge in [0.05, 0.1) is 10.6 Å². The fourth-order valence-corrected chi connectivity index (χ4v) is 3.33. The molecule has 1 fully saturated rings. The highest BCUT2D eigenvalue weighted by molar-refractivity contribution is 6.34. The molecule has 1 saturated heterocycles. The number of likely N-dealkylation sites (tertiary alicyclic amines) is 1. The number of hydrogen-bond donors (Lipinski definition) is 2. The third-order valence-electron chi connectivity index (χ3n) is 4.16. The van der Waals surface area contributed by atoms with Gasteiger partial charge in [-0.3, -0.25) is 4.90 Å². The van der Waals surface area contributed by atoms with Gasteiger partial charge in [0, 0.05) is 25.3 Å². The monoisotopic (exact) mass is 310 g/mol.